The van der Waals surface area contributed by atoms with Crippen molar-refractivity contribution >= 4 is 16.6 Å². The Morgan fingerprint density at radius 1 is 1.00 bits per heavy atom. The van der Waals surface area contributed by atoms with Gasteiger partial charge in [0.15, 0.2) is 0 Å². The second-order valence-electron chi connectivity index (χ2n) is 4.45. The van der Waals surface area contributed by atoms with Crippen LogP contribution in [-0.2, 0) is 0 Å². The van der Waals surface area contributed by atoms with Crippen molar-refractivity contribution in [3.8, 4) is 11.1 Å². The van der Waals surface area contributed by atoms with Gasteiger partial charge in [-0.15, -0.1) is 0 Å². The lowest BCUT2D eigenvalue weighted by Crippen LogP contribution is -1.90. The largest absolute Gasteiger partial charge is 0.398 e. The number of hydrogen-bond donors (Lipinski definition) is 1. The minimum Gasteiger partial charge on any atom is -0.398 e. The number of aryl methyl sites for hydroxylation is 1. The normalized spacial score (nSPS) is 10.7. The summed E-state index contributed by atoms with van der Waals surface area (Å²) in [6.45, 7) is 2.02. The van der Waals surface area contributed by atoms with E-state index in [0.717, 1.165) is 27.7 Å². The summed E-state index contributed by atoms with van der Waals surface area (Å²) in [7, 11) is 0. The van der Waals surface area contributed by atoms with Crippen molar-refractivity contribution in [2.45, 2.75) is 6.92 Å². The molecule has 18 heavy (non-hydrogen) atoms. The monoisotopic (exact) mass is 234 g/mol. The van der Waals surface area contributed by atoms with Gasteiger partial charge in [0.1, 0.15) is 0 Å². The maximum atomic E-state index is 5.99. The Hall–Kier alpha value is -2.35. The lowest BCUT2D eigenvalue weighted by molar-refractivity contribution is 1.41. The Bertz CT molecular complexity index is 712. The number of nitrogens with two attached hydrogens (primary N) is 1. The van der Waals surface area contributed by atoms with Gasteiger partial charge in [0.05, 0.1) is 5.52 Å². The predicted molar refractivity (Wildman–Crippen MR) is 76.3 cm³/mol. The van der Waals surface area contributed by atoms with Crippen LogP contribution in [0.5, 0.6) is 0 Å². The van der Waals surface area contributed by atoms with Gasteiger partial charge in [-0.3, -0.25) is 4.98 Å². The molecule has 0 atom stereocenters. The smallest absolute Gasteiger partial charge is 0.0708 e. The van der Waals surface area contributed by atoms with Crippen LogP contribution in [0.25, 0.3) is 22.0 Å². The zero-order valence-electron chi connectivity index (χ0n) is 10.2. The minimum atomic E-state index is 0.827. The maximum absolute atomic E-state index is 5.99. The second kappa shape index (κ2) is 4.15. The maximum Gasteiger partial charge on any atom is 0.0708 e. The molecule has 1 heterocycles. The molecule has 3 rings (SSSR count). The molecular weight excluding hydrogens is 220 g/mol. The quantitative estimate of drug-likeness (QED) is 0.650. The van der Waals surface area contributed by atoms with E-state index in [1.165, 1.54) is 5.56 Å². The predicted octanol–water partition coefficient (Wildman–Crippen LogP) is 3.79. The molecule has 3 aromatic rings. The molecule has 0 fully saturated rings. The average Bonchev–Trinajstić information content (AvgIpc) is 2.41. The van der Waals surface area contributed by atoms with Crippen LogP contribution in [0.3, 0.4) is 0 Å². The lowest BCUT2D eigenvalue weighted by Gasteiger charge is -2.08. The van der Waals surface area contributed by atoms with Gasteiger partial charge in [0.2, 0.25) is 0 Å². The standard InChI is InChI=1S/C16H14N2/c1-11-7-8-12(10-15(11)17)13-4-2-6-16-14(13)5-3-9-18-16/h2-10H,17H2,1H3. The highest BCUT2D eigenvalue weighted by Crippen LogP contribution is 2.29. The number of hydrogen-bond acceptors (Lipinski definition) is 2. The van der Waals surface area contributed by atoms with Crippen LogP contribution in [0.15, 0.2) is 54.7 Å². The number of pyridine rings is 1. The van der Waals surface area contributed by atoms with Gasteiger partial charge in [-0.05, 0) is 41.8 Å². The molecule has 2 aromatic carbocycles. The van der Waals surface area contributed by atoms with Crippen molar-refractivity contribution in [3.05, 3.63) is 60.3 Å². The second-order valence-corrected chi connectivity index (χ2v) is 4.45. The highest BCUT2D eigenvalue weighted by Gasteiger charge is 2.05. The first-order chi connectivity index (χ1) is 8.75. The summed E-state index contributed by atoms with van der Waals surface area (Å²) >= 11 is 0. The summed E-state index contributed by atoms with van der Waals surface area (Å²) in [5, 5.41) is 1.16. The SMILES string of the molecule is Cc1ccc(-c2cccc3ncccc23)cc1N. The van der Waals surface area contributed by atoms with Crippen LogP contribution >= 0.6 is 0 Å². The molecule has 0 saturated carbocycles. The van der Waals surface area contributed by atoms with Crippen molar-refractivity contribution < 1.29 is 0 Å². The molecule has 0 unspecified atom stereocenters. The number of nitrogen functional groups attached to an aromatic ring is 1. The van der Waals surface area contributed by atoms with Crippen molar-refractivity contribution in [3.63, 3.8) is 0 Å². The summed E-state index contributed by atoms with van der Waals surface area (Å²) < 4.78 is 0. The van der Waals surface area contributed by atoms with E-state index in [1.54, 1.807) is 0 Å². The third kappa shape index (κ3) is 1.72. The van der Waals surface area contributed by atoms with E-state index in [0.29, 0.717) is 0 Å². The fraction of sp³-hybridized carbons (Fsp3) is 0.0625. The van der Waals surface area contributed by atoms with Gasteiger partial charge >= 0.3 is 0 Å². The molecule has 0 radical (unpaired) electrons. The Balaban J connectivity index is 2.28. The molecule has 0 aliphatic carbocycles. The van der Waals surface area contributed by atoms with Crippen molar-refractivity contribution in [2.75, 3.05) is 5.73 Å². The molecule has 2 heteroatoms. The van der Waals surface area contributed by atoms with Crippen LogP contribution in [0.4, 0.5) is 5.69 Å². The highest BCUT2D eigenvalue weighted by atomic mass is 14.6. The van der Waals surface area contributed by atoms with Crippen molar-refractivity contribution in [1.29, 1.82) is 0 Å². The summed E-state index contributed by atoms with van der Waals surface area (Å²) in [6.07, 6.45) is 1.82. The molecule has 0 amide bonds. The molecular formula is C16H14N2. The molecule has 0 aliphatic heterocycles. The Morgan fingerprint density at radius 2 is 1.89 bits per heavy atom. The van der Waals surface area contributed by atoms with Gasteiger partial charge in [-0.1, -0.05) is 30.3 Å². The van der Waals surface area contributed by atoms with E-state index < -0.39 is 0 Å². The minimum absolute atomic E-state index is 0.827. The van der Waals surface area contributed by atoms with Crippen molar-refractivity contribution in [1.82, 2.24) is 4.98 Å². The van der Waals surface area contributed by atoms with Crippen LogP contribution in [0.1, 0.15) is 5.56 Å². The van der Waals surface area contributed by atoms with Gasteiger partial charge < -0.3 is 5.73 Å². The number of fused-ring (bicyclic) bond motifs is 1. The summed E-state index contributed by atoms with van der Waals surface area (Å²) in [4.78, 5) is 4.38. The third-order valence-electron chi connectivity index (χ3n) is 3.24. The highest BCUT2D eigenvalue weighted by molar-refractivity contribution is 5.94. The summed E-state index contributed by atoms with van der Waals surface area (Å²) in [5.74, 6) is 0. The fourth-order valence-electron chi connectivity index (χ4n) is 2.16. The van der Waals surface area contributed by atoms with Crippen molar-refractivity contribution in [2.24, 2.45) is 0 Å². The summed E-state index contributed by atoms with van der Waals surface area (Å²) in [6, 6.07) is 16.4. The molecule has 2 nitrogen and oxygen atoms in total. The topological polar surface area (TPSA) is 38.9 Å². The average molecular weight is 234 g/mol. The number of anilines is 1. The van der Waals surface area contributed by atoms with Crippen LogP contribution in [-0.4, -0.2) is 4.98 Å². The van der Waals surface area contributed by atoms with E-state index in [1.807, 2.05) is 37.4 Å². The van der Waals surface area contributed by atoms with E-state index in [4.69, 9.17) is 5.73 Å². The van der Waals surface area contributed by atoms with E-state index in [9.17, 15) is 0 Å². The van der Waals surface area contributed by atoms with Crippen LogP contribution in [0, 0.1) is 6.92 Å². The number of aromatic nitrogens is 1. The molecule has 0 aliphatic rings. The van der Waals surface area contributed by atoms with Gasteiger partial charge in [0, 0.05) is 17.3 Å². The van der Waals surface area contributed by atoms with Gasteiger partial charge in [-0.2, -0.15) is 0 Å². The van der Waals surface area contributed by atoms with Gasteiger partial charge in [-0.25, -0.2) is 0 Å². The van der Waals surface area contributed by atoms with Gasteiger partial charge in [0.25, 0.3) is 0 Å². The molecule has 2 N–H and O–H groups in total. The first kappa shape index (κ1) is 10.8. The van der Waals surface area contributed by atoms with E-state index in [-0.39, 0.29) is 0 Å². The first-order valence-electron chi connectivity index (χ1n) is 5.96. The van der Waals surface area contributed by atoms with Crippen LogP contribution in [0.2, 0.25) is 0 Å². The third-order valence-corrected chi connectivity index (χ3v) is 3.24. The zero-order chi connectivity index (χ0) is 12.5. The first-order valence-corrected chi connectivity index (χ1v) is 5.96. The molecule has 0 bridgehead atoms. The molecule has 0 spiro atoms. The number of rotatable bonds is 1. The van der Waals surface area contributed by atoms with Crippen LogP contribution < -0.4 is 5.73 Å². The number of benzene rings is 2. The van der Waals surface area contributed by atoms with E-state index >= 15 is 0 Å². The Kier molecular flexibility index (Phi) is 2.49. The fourth-order valence-corrected chi connectivity index (χ4v) is 2.16. The molecule has 0 saturated heterocycles. The molecule has 1 aromatic heterocycles. The van der Waals surface area contributed by atoms with E-state index in [2.05, 4.69) is 29.2 Å². The Morgan fingerprint density at radius 3 is 2.72 bits per heavy atom. The number of nitrogens with zero attached hydrogens (tertiary/aromatic N) is 1. The summed E-state index contributed by atoms with van der Waals surface area (Å²) in [5.41, 5.74) is 11.2. The molecule has 88 valence electrons. The zero-order valence-corrected chi connectivity index (χ0v) is 10.2. The Labute approximate surface area is 106 Å². The lowest BCUT2D eigenvalue weighted by atomic mass is 9.99.